The van der Waals surface area contributed by atoms with Crippen molar-refractivity contribution in [2.45, 2.75) is 58.0 Å². The fourth-order valence-electron chi connectivity index (χ4n) is 1.62. The molecule has 1 heterocycles. The second-order valence-corrected chi connectivity index (χ2v) is 11.4. The van der Waals surface area contributed by atoms with Crippen LogP contribution in [0, 0.1) is 0 Å². The Morgan fingerprint density at radius 2 is 1.84 bits per heavy atom. The molecule has 1 unspecified atom stereocenters. The quantitative estimate of drug-likeness (QED) is 0.638. The van der Waals surface area contributed by atoms with Gasteiger partial charge in [-0.3, -0.25) is 0 Å². The summed E-state index contributed by atoms with van der Waals surface area (Å²) in [5.74, 6) is 0. The second kappa shape index (κ2) is 6.24. The van der Waals surface area contributed by atoms with Crippen LogP contribution in [0.15, 0.2) is 0 Å². The van der Waals surface area contributed by atoms with Crippen molar-refractivity contribution in [3.8, 4) is 0 Å². The minimum atomic E-state index is -1.92. The Kier molecular flexibility index (Phi) is 5.40. The molecule has 1 aliphatic rings. The van der Waals surface area contributed by atoms with Crippen LogP contribution in [0.25, 0.3) is 0 Å². The zero-order valence-electron chi connectivity index (χ0n) is 12.7. The zero-order valence-corrected chi connectivity index (χ0v) is 13.7. The van der Waals surface area contributed by atoms with E-state index < -0.39 is 20.7 Å². The van der Waals surface area contributed by atoms with Crippen molar-refractivity contribution in [1.29, 1.82) is 0 Å². The molecule has 112 valence electrons. The standard InChI is InChI=1S/C13H27NO4Si/c1-13(2,3)19(4,5)17-10-11(15)18-12(16)14-8-6-7-9-14/h11,15H,6-10H2,1-5H3. The van der Waals surface area contributed by atoms with Gasteiger partial charge in [0, 0.05) is 13.1 Å². The lowest BCUT2D eigenvalue weighted by atomic mass is 10.2. The molecule has 5 nitrogen and oxygen atoms in total. The first kappa shape index (κ1) is 16.5. The van der Waals surface area contributed by atoms with E-state index in [1.165, 1.54) is 0 Å². The van der Waals surface area contributed by atoms with Gasteiger partial charge in [0.15, 0.2) is 8.32 Å². The predicted octanol–water partition coefficient (Wildman–Crippen LogP) is 2.56. The van der Waals surface area contributed by atoms with Crippen LogP contribution in [0.1, 0.15) is 33.6 Å². The maximum absolute atomic E-state index is 11.7. The number of amides is 1. The molecule has 0 spiro atoms. The van der Waals surface area contributed by atoms with E-state index >= 15 is 0 Å². The molecule has 0 aliphatic carbocycles. The van der Waals surface area contributed by atoms with Crippen molar-refractivity contribution in [2.24, 2.45) is 0 Å². The van der Waals surface area contributed by atoms with Crippen LogP contribution in [0.3, 0.4) is 0 Å². The molecular weight excluding hydrogens is 262 g/mol. The van der Waals surface area contributed by atoms with Gasteiger partial charge in [0.25, 0.3) is 0 Å². The highest BCUT2D eigenvalue weighted by atomic mass is 28.4. The number of aliphatic hydroxyl groups excluding tert-OH is 1. The number of nitrogens with zero attached hydrogens (tertiary/aromatic N) is 1. The molecule has 6 heteroatoms. The molecule has 1 fully saturated rings. The molecule has 19 heavy (non-hydrogen) atoms. The fourth-order valence-corrected chi connectivity index (χ4v) is 2.61. The van der Waals surface area contributed by atoms with E-state index in [-0.39, 0.29) is 11.6 Å². The molecule has 1 aliphatic heterocycles. The molecule has 1 N–H and O–H groups in total. The second-order valence-electron chi connectivity index (χ2n) is 6.60. The molecule has 1 rings (SSSR count). The summed E-state index contributed by atoms with van der Waals surface area (Å²) >= 11 is 0. The first-order valence-corrected chi connectivity index (χ1v) is 9.82. The van der Waals surface area contributed by atoms with Gasteiger partial charge >= 0.3 is 6.09 Å². The van der Waals surface area contributed by atoms with Gasteiger partial charge < -0.3 is 19.2 Å². The van der Waals surface area contributed by atoms with E-state index in [4.69, 9.17) is 9.16 Å². The van der Waals surface area contributed by atoms with Gasteiger partial charge in [-0.2, -0.15) is 0 Å². The highest BCUT2D eigenvalue weighted by Crippen LogP contribution is 2.36. The molecule has 0 aromatic rings. The molecule has 0 bridgehead atoms. The van der Waals surface area contributed by atoms with Crippen LogP contribution >= 0.6 is 0 Å². The average molecular weight is 289 g/mol. The van der Waals surface area contributed by atoms with E-state index in [1.807, 2.05) is 0 Å². The number of hydrogen-bond acceptors (Lipinski definition) is 4. The molecule has 0 radical (unpaired) electrons. The number of carbonyl (C=O) groups is 1. The summed E-state index contributed by atoms with van der Waals surface area (Å²) in [5.41, 5.74) is 0. The smallest absolute Gasteiger partial charge is 0.412 e. The monoisotopic (exact) mass is 289 g/mol. The third kappa shape index (κ3) is 4.78. The Morgan fingerprint density at radius 3 is 2.32 bits per heavy atom. The van der Waals surface area contributed by atoms with Crippen molar-refractivity contribution in [3.63, 3.8) is 0 Å². The SMILES string of the molecule is CC(C)(C)[Si](C)(C)OCC(O)OC(=O)N1CCCC1. The number of rotatable bonds is 4. The Bertz CT molecular complexity index is 308. The van der Waals surface area contributed by atoms with E-state index in [2.05, 4.69) is 33.9 Å². The normalized spacial score (nSPS) is 18.5. The summed E-state index contributed by atoms with van der Waals surface area (Å²) in [6, 6.07) is 0. The lowest BCUT2D eigenvalue weighted by molar-refractivity contribution is -0.0872. The number of hydrogen-bond donors (Lipinski definition) is 1. The van der Waals surface area contributed by atoms with Crippen LogP contribution in [-0.4, -0.2) is 50.4 Å². The van der Waals surface area contributed by atoms with E-state index in [1.54, 1.807) is 4.90 Å². The number of aliphatic hydroxyl groups is 1. The Labute approximate surface area is 117 Å². The topological polar surface area (TPSA) is 59.0 Å². The number of likely N-dealkylation sites (tertiary alicyclic amines) is 1. The van der Waals surface area contributed by atoms with Crippen molar-refractivity contribution in [2.75, 3.05) is 19.7 Å². The van der Waals surface area contributed by atoms with E-state index in [0.29, 0.717) is 13.1 Å². The zero-order chi connectivity index (χ0) is 14.7. The predicted molar refractivity (Wildman–Crippen MR) is 76.4 cm³/mol. The van der Waals surface area contributed by atoms with Crippen LogP contribution in [-0.2, 0) is 9.16 Å². The first-order chi connectivity index (χ1) is 8.63. The number of ether oxygens (including phenoxy) is 1. The highest BCUT2D eigenvalue weighted by Gasteiger charge is 2.37. The van der Waals surface area contributed by atoms with Gasteiger partial charge in [-0.25, -0.2) is 4.79 Å². The summed E-state index contributed by atoms with van der Waals surface area (Å²) in [4.78, 5) is 13.3. The summed E-state index contributed by atoms with van der Waals surface area (Å²) in [6.07, 6.45) is 0.392. The summed E-state index contributed by atoms with van der Waals surface area (Å²) in [5, 5.41) is 9.81. The average Bonchev–Trinajstić information content (AvgIpc) is 2.78. The van der Waals surface area contributed by atoms with Crippen LogP contribution in [0.5, 0.6) is 0 Å². The summed E-state index contributed by atoms with van der Waals surface area (Å²) in [6.45, 7) is 12.1. The first-order valence-electron chi connectivity index (χ1n) is 6.91. The van der Waals surface area contributed by atoms with Crippen LogP contribution in [0.4, 0.5) is 4.79 Å². The molecular formula is C13H27NO4Si. The molecule has 1 amide bonds. The Hall–Kier alpha value is -0.593. The van der Waals surface area contributed by atoms with Crippen molar-refractivity contribution in [1.82, 2.24) is 4.90 Å². The maximum atomic E-state index is 11.7. The Balaban J connectivity index is 2.35. The minimum absolute atomic E-state index is 0.0517. The minimum Gasteiger partial charge on any atom is -0.417 e. The third-order valence-electron chi connectivity index (χ3n) is 3.99. The largest absolute Gasteiger partial charge is 0.417 e. The number of carbonyl (C=O) groups excluding carboxylic acids is 1. The maximum Gasteiger partial charge on any atom is 0.412 e. The van der Waals surface area contributed by atoms with E-state index in [0.717, 1.165) is 12.8 Å². The third-order valence-corrected chi connectivity index (χ3v) is 8.49. The van der Waals surface area contributed by atoms with Gasteiger partial charge in [-0.15, -0.1) is 0 Å². The van der Waals surface area contributed by atoms with Crippen molar-refractivity contribution >= 4 is 14.4 Å². The molecule has 0 saturated carbocycles. The van der Waals surface area contributed by atoms with Gasteiger partial charge in [0.2, 0.25) is 6.29 Å². The van der Waals surface area contributed by atoms with Crippen molar-refractivity contribution in [3.05, 3.63) is 0 Å². The molecule has 1 atom stereocenters. The van der Waals surface area contributed by atoms with Crippen LogP contribution < -0.4 is 0 Å². The molecule has 0 aromatic heterocycles. The highest BCUT2D eigenvalue weighted by molar-refractivity contribution is 6.74. The fraction of sp³-hybridized carbons (Fsp3) is 0.923. The Morgan fingerprint density at radius 1 is 1.32 bits per heavy atom. The molecule has 0 aromatic carbocycles. The summed E-state index contributed by atoms with van der Waals surface area (Å²) < 4.78 is 10.8. The van der Waals surface area contributed by atoms with E-state index in [9.17, 15) is 9.90 Å². The lowest BCUT2D eigenvalue weighted by Crippen LogP contribution is -2.43. The summed E-state index contributed by atoms with van der Waals surface area (Å²) in [7, 11) is -1.92. The van der Waals surface area contributed by atoms with Gasteiger partial charge in [0.05, 0.1) is 6.61 Å². The lowest BCUT2D eigenvalue weighted by Gasteiger charge is -2.36. The molecule has 1 saturated heterocycles. The van der Waals surface area contributed by atoms with Gasteiger partial charge in [-0.1, -0.05) is 20.8 Å². The van der Waals surface area contributed by atoms with Gasteiger partial charge in [-0.05, 0) is 31.0 Å². The van der Waals surface area contributed by atoms with Crippen LogP contribution in [0.2, 0.25) is 18.1 Å². The van der Waals surface area contributed by atoms with Gasteiger partial charge in [0.1, 0.15) is 0 Å². The van der Waals surface area contributed by atoms with Crippen molar-refractivity contribution < 1.29 is 19.1 Å².